The second-order valence-electron chi connectivity index (χ2n) is 8.51. The van der Waals surface area contributed by atoms with Gasteiger partial charge in [-0.25, -0.2) is 8.42 Å². The number of para-hydroxylation sites is 1. The van der Waals surface area contributed by atoms with E-state index in [1.807, 2.05) is 35.2 Å². The Morgan fingerprint density at radius 3 is 2.31 bits per heavy atom. The van der Waals surface area contributed by atoms with Crippen molar-refractivity contribution >= 4 is 32.7 Å². The zero-order valence-electron chi connectivity index (χ0n) is 18.9. The Balaban J connectivity index is 1.58. The van der Waals surface area contributed by atoms with E-state index >= 15 is 0 Å². The molecular weight excluding hydrogens is 499 g/mol. The van der Waals surface area contributed by atoms with Gasteiger partial charge in [-0.05, 0) is 48.2 Å². The number of anilines is 2. The molecule has 0 aliphatic carbocycles. The Kier molecular flexibility index (Phi) is 7.14. The minimum Gasteiger partial charge on any atom is -0.383 e. The van der Waals surface area contributed by atoms with Gasteiger partial charge in [-0.3, -0.25) is 0 Å². The molecule has 11 heteroatoms. The van der Waals surface area contributed by atoms with Crippen molar-refractivity contribution in [1.29, 1.82) is 0 Å². The van der Waals surface area contributed by atoms with Crippen molar-refractivity contribution < 1.29 is 26.7 Å². The van der Waals surface area contributed by atoms with Crippen LogP contribution in [0.1, 0.15) is 12.5 Å². The van der Waals surface area contributed by atoms with Crippen LogP contribution in [0.3, 0.4) is 0 Å². The number of hydrogen-bond acceptors (Lipinski definition) is 6. The molecule has 0 amide bonds. The van der Waals surface area contributed by atoms with E-state index in [0.717, 1.165) is 23.9 Å². The standard InChI is InChI=1S/C24H26F3N3O3S2/c1-23(31,24(25,26)27)18-9-11-20(12-10-18)30-14-13-29(35(32,33)22-8-5-15-34-22)17-21(30)16-28-19-6-3-2-4-7-19/h2-12,15,21,28,31H,13-14,16-17H2,1H3/t21-,23+/m0/s1. The summed E-state index contributed by atoms with van der Waals surface area (Å²) in [6.45, 7) is 1.96. The van der Waals surface area contributed by atoms with Gasteiger partial charge in [-0.1, -0.05) is 36.4 Å². The molecule has 35 heavy (non-hydrogen) atoms. The van der Waals surface area contributed by atoms with Gasteiger partial charge >= 0.3 is 6.18 Å². The van der Waals surface area contributed by atoms with Crippen LogP contribution in [-0.4, -0.2) is 56.2 Å². The number of rotatable bonds is 7. The predicted molar refractivity (Wildman–Crippen MR) is 131 cm³/mol. The monoisotopic (exact) mass is 525 g/mol. The molecule has 2 heterocycles. The van der Waals surface area contributed by atoms with E-state index < -0.39 is 21.8 Å². The van der Waals surface area contributed by atoms with E-state index in [1.54, 1.807) is 17.5 Å². The average molecular weight is 526 g/mol. The van der Waals surface area contributed by atoms with E-state index in [1.165, 1.54) is 28.6 Å². The fourth-order valence-electron chi connectivity index (χ4n) is 4.03. The number of thiophene rings is 1. The van der Waals surface area contributed by atoms with E-state index in [0.29, 0.717) is 18.8 Å². The first kappa shape index (κ1) is 25.5. The lowest BCUT2D eigenvalue weighted by Crippen LogP contribution is -2.57. The summed E-state index contributed by atoms with van der Waals surface area (Å²) in [6, 6.07) is 18.1. The normalized spacial score (nSPS) is 19.3. The third kappa shape index (κ3) is 5.32. The highest BCUT2D eigenvalue weighted by molar-refractivity contribution is 7.91. The second-order valence-corrected chi connectivity index (χ2v) is 11.6. The van der Waals surface area contributed by atoms with Crippen LogP contribution in [0.2, 0.25) is 0 Å². The van der Waals surface area contributed by atoms with Gasteiger partial charge < -0.3 is 15.3 Å². The second kappa shape index (κ2) is 9.81. The molecule has 2 atom stereocenters. The van der Waals surface area contributed by atoms with Gasteiger partial charge in [0, 0.05) is 37.6 Å². The summed E-state index contributed by atoms with van der Waals surface area (Å²) in [5, 5.41) is 15.0. The molecule has 188 valence electrons. The Labute approximate surface area is 206 Å². The Hall–Kier alpha value is -2.60. The van der Waals surface area contributed by atoms with Crippen LogP contribution < -0.4 is 10.2 Å². The van der Waals surface area contributed by atoms with Crippen molar-refractivity contribution in [2.45, 2.75) is 29.0 Å². The Morgan fingerprint density at radius 1 is 1.03 bits per heavy atom. The first-order chi connectivity index (χ1) is 16.5. The van der Waals surface area contributed by atoms with Crippen LogP contribution in [0.15, 0.2) is 76.3 Å². The molecule has 0 radical (unpaired) electrons. The van der Waals surface area contributed by atoms with E-state index in [9.17, 15) is 26.7 Å². The minimum absolute atomic E-state index is 0.210. The summed E-state index contributed by atoms with van der Waals surface area (Å²) in [4.78, 5) is 1.99. The predicted octanol–water partition coefficient (Wildman–Crippen LogP) is 4.51. The summed E-state index contributed by atoms with van der Waals surface area (Å²) in [6.07, 6.45) is -4.81. The number of sulfonamides is 1. The number of benzene rings is 2. The summed E-state index contributed by atoms with van der Waals surface area (Å²) in [5.41, 5.74) is -1.69. The van der Waals surface area contributed by atoms with Crippen molar-refractivity contribution in [3.8, 4) is 0 Å². The highest BCUT2D eigenvalue weighted by atomic mass is 32.2. The first-order valence-electron chi connectivity index (χ1n) is 11.0. The van der Waals surface area contributed by atoms with Gasteiger partial charge in [0.2, 0.25) is 0 Å². The molecule has 0 spiro atoms. The van der Waals surface area contributed by atoms with Crippen LogP contribution in [0.5, 0.6) is 0 Å². The third-order valence-electron chi connectivity index (χ3n) is 6.16. The summed E-state index contributed by atoms with van der Waals surface area (Å²) >= 11 is 1.16. The van der Waals surface area contributed by atoms with Crippen LogP contribution in [0, 0.1) is 0 Å². The van der Waals surface area contributed by atoms with Crippen LogP contribution in [0.25, 0.3) is 0 Å². The lowest BCUT2D eigenvalue weighted by molar-refractivity contribution is -0.258. The molecule has 1 fully saturated rings. The van der Waals surface area contributed by atoms with Crippen molar-refractivity contribution in [1.82, 2.24) is 4.31 Å². The molecule has 1 saturated heterocycles. The van der Waals surface area contributed by atoms with Gasteiger partial charge in [0.25, 0.3) is 10.0 Å². The highest BCUT2D eigenvalue weighted by Crippen LogP contribution is 2.39. The van der Waals surface area contributed by atoms with Gasteiger partial charge in [-0.15, -0.1) is 11.3 Å². The average Bonchev–Trinajstić information content (AvgIpc) is 3.39. The molecule has 1 aliphatic heterocycles. The lowest BCUT2D eigenvalue weighted by Gasteiger charge is -2.42. The van der Waals surface area contributed by atoms with E-state index in [-0.39, 0.29) is 28.9 Å². The maximum atomic E-state index is 13.2. The molecule has 0 unspecified atom stereocenters. The number of piperazine rings is 1. The number of alkyl halides is 3. The van der Waals surface area contributed by atoms with Crippen molar-refractivity contribution in [2.24, 2.45) is 0 Å². The van der Waals surface area contributed by atoms with Crippen LogP contribution in [-0.2, 0) is 15.6 Å². The third-order valence-corrected chi connectivity index (χ3v) is 9.40. The summed E-state index contributed by atoms with van der Waals surface area (Å²) < 4.78 is 67.7. The highest BCUT2D eigenvalue weighted by Gasteiger charge is 2.51. The fourth-order valence-corrected chi connectivity index (χ4v) is 6.64. The number of halogens is 3. The van der Waals surface area contributed by atoms with Crippen LogP contribution in [0.4, 0.5) is 24.5 Å². The molecular formula is C24H26F3N3O3S2. The topological polar surface area (TPSA) is 72.9 Å². The largest absolute Gasteiger partial charge is 0.421 e. The molecule has 1 aliphatic rings. The van der Waals surface area contributed by atoms with Gasteiger partial charge in [-0.2, -0.15) is 17.5 Å². The Morgan fingerprint density at radius 2 is 1.71 bits per heavy atom. The van der Waals surface area contributed by atoms with E-state index in [2.05, 4.69) is 5.32 Å². The quantitative estimate of drug-likeness (QED) is 0.475. The molecule has 0 bridgehead atoms. The van der Waals surface area contributed by atoms with Crippen molar-refractivity contribution in [3.05, 3.63) is 77.7 Å². The number of nitrogens with one attached hydrogen (secondary N) is 1. The van der Waals surface area contributed by atoms with Crippen LogP contribution >= 0.6 is 11.3 Å². The fraction of sp³-hybridized carbons (Fsp3) is 0.333. The minimum atomic E-state index is -4.81. The molecule has 3 aromatic rings. The zero-order chi connectivity index (χ0) is 25.3. The first-order valence-corrected chi connectivity index (χ1v) is 13.3. The maximum Gasteiger partial charge on any atom is 0.421 e. The molecule has 6 nitrogen and oxygen atoms in total. The molecule has 0 saturated carbocycles. The van der Waals surface area contributed by atoms with Crippen molar-refractivity contribution in [2.75, 3.05) is 36.4 Å². The molecule has 1 aromatic heterocycles. The number of hydrogen-bond donors (Lipinski definition) is 2. The van der Waals surface area contributed by atoms with Gasteiger partial charge in [0.1, 0.15) is 4.21 Å². The lowest BCUT2D eigenvalue weighted by atomic mass is 9.95. The zero-order valence-corrected chi connectivity index (χ0v) is 20.6. The molecule has 2 N–H and O–H groups in total. The number of nitrogens with zero attached hydrogens (tertiary/aromatic N) is 2. The smallest absolute Gasteiger partial charge is 0.383 e. The van der Waals surface area contributed by atoms with Crippen molar-refractivity contribution in [3.63, 3.8) is 0 Å². The van der Waals surface area contributed by atoms with E-state index in [4.69, 9.17) is 0 Å². The van der Waals surface area contributed by atoms with Gasteiger partial charge in [0.15, 0.2) is 5.60 Å². The molecule has 2 aromatic carbocycles. The summed E-state index contributed by atoms with van der Waals surface area (Å²) in [5.74, 6) is 0. The molecule has 4 rings (SSSR count). The number of aliphatic hydroxyl groups is 1. The Bertz CT molecular complexity index is 1220. The van der Waals surface area contributed by atoms with Gasteiger partial charge in [0.05, 0.1) is 6.04 Å². The summed E-state index contributed by atoms with van der Waals surface area (Å²) in [7, 11) is -3.64. The maximum absolute atomic E-state index is 13.2. The SMILES string of the molecule is C[C@@](O)(c1ccc(N2CCN(S(=O)(=O)c3cccs3)C[C@@H]2CNc2ccccc2)cc1)C(F)(F)F.